The van der Waals surface area contributed by atoms with Crippen molar-refractivity contribution >= 4 is 5.91 Å². The highest BCUT2D eigenvalue weighted by Crippen LogP contribution is 2.15. The predicted octanol–water partition coefficient (Wildman–Crippen LogP) is 2.57. The average molecular weight is 240 g/mol. The van der Waals surface area contributed by atoms with Gasteiger partial charge in [0.15, 0.2) is 0 Å². The van der Waals surface area contributed by atoms with Gasteiger partial charge in [0.25, 0.3) is 0 Å². The summed E-state index contributed by atoms with van der Waals surface area (Å²) in [6, 6.07) is 0. The molecule has 0 aliphatic carbocycles. The lowest BCUT2D eigenvalue weighted by Crippen LogP contribution is -2.32. The molecule has 2 N–H and O–H groups in total. The number of rotatable bonds is 9. The van der Waals surface area contributed by atoms with Gasteiger partial charge in [0.1, 0.15) is 0 Å². The van der Waals surface area contributed by atoms with Gasteiger partial charge in [-0.2, -0.15) is 0 Å². The van der Waals surface area contributed by atoms with Crippen molar-refractivity contribution in [3.8, 4) is 0 Å². The minimum Gasteiger partial charge on any atom is -0.339 e. The van der Waals surface area contributed by atoms with Crippen molar-refractivity contribution in [1.82, 2.24) is 4.90 Å². The Hall–Kier alpha value is -0.830. The Morgan fingerprint density at radius 3 is 2.41 bits per heavy atom. The zero-order valence-electron chi connectivity index (χ0n) is 11.7. The molecule has 1 unspecified atom stereocenters. The van der Waals surface area contributed by atoms with Gasteiger partial charge in [-0.25, -0.2) is 0 Å². The smallest absolute Gasteiger partial charge is 0.222 e. The maximum Gasteiger partial charge on any atom is 0.222 e. The molecule has 0 spiro atoms. The second-order valence-electron chi connectivity index (χ2n) is 4.76. The van der Waals surface area contributed by atoms with Gasteiger partial charge in [0.2, 0.25) is 5.91 Å². The Kier molecular flexibility index (Phi) is 8.78. The SMILES string of the molecule is C=C(C)CN(CC)C(=O)CCC(CC)CCN. The van der Waals surface area contributed by atoms with Crippen LogP contribution in [0.5, 0.6) is 0 Å². The van der Waals surface area contributed by atoms with Gasteiger partial charge in [-0.05, 0) is 39.2 Å². The van der Waals surface area contributed by atoms with Gasteiger partial charge >= 0.3 is 0 Å². The Morgan fingerprint density at radius 1 is 1.35 bits per heavy atom. The summed E-state index contributed by atoms with van der Waals surface area (Å²) in [5.74, 6) is 0.832. The lowest BCUT2D eigenvalue weighted by atomic mass is 9.96. The minimum absolute atomic E-state index is 0.242. The van der Waals surface area contributed by atoms with Crippen molar-refractivity contribution in [3.63, 3.8) is 0 Å². The van der Waals surface area contributed by atoms with Gasteiger partial charge in [-0.15, -0.1) is 0 Å². The molecular weight excluding hydrogens is 212 g/mol. The summed E-state index contributed by atoms with van der Waals surface area (Å²) >= 11 is 0. The molecule has 0 aliphatic heterocycles. The summed E-state index contributed by atoms with van der Waals surface area (Å²) in [6.45, 7) is 12.2. The molecule has 0 radical (unpaired) electrons. The lowest BCUT2D eigenvalue weighted by Gasteiger charge is -2.22. The number of nitrogens with two attached hydrogens (primary N) is 1. The fourth-order valence-corrected chi connectivity index (χ4v) is 1.98. The molecule has 0 aromatic carbocycles. The number of carbonyl (C=O) groups excluding carboxylic acids is 1. The van der Waals surface area contributed by atoms with Crippen molar-refractivity contribution < 1.29 is 4.79 Å². The maximum absolute atomic E-state index is 12.0. The zero-order chi connectivity index (χ0) is 13.3. The Labute approximate surface area is 106 Å². The predicted molar refractivity (Wildman–Crippen MR) is 73.8 cm³/mol. The first-order valence-electron chi connectivity index (χ1n) is 6.67. The Bertz CT molecular complexity index is 238. The summed E-state index contributed by atoms with van der Waals surface area (Å²) < 4.78 is 0. The topological polar surface area (TPSA) is 46.3 Å². The molecule has 0 bridgehead atoms. The van der Waals surface area contributed by atoms with E-state index >= 15 is 0 Å². The molecule has 0 saturated carbocycles. The van der Waals surface area contributed by atoms with Gasteiger partial charge in [0, 0.05) is 19.5 Å². The van der Waals surface area contributed by atoms with E-state index in [1.807, 2.05) is 18.7 Å². The largest absolute Gasteiger partial charge is 0.339 e. The first-order chi connectivity index (χ1) is 8.04. The number of carbonyl (C=O) groups is 1. The summed E-state index contributed by atoms with van der Waals surface area (Å²) in [5, 5.41) is 0. The van der Waals surface area contributed by atoms with Crippen LogP contribution in [-0.2, 0) is 4.79 Å². The average Bonchev–Trinajstić information content (AvgIpc) is 2.30. The molecule has 0 rings (SSSR count). The van der Waals surface area contributed by atoms with E-state index in [1.165, 1.54) is 0 Å². The van der Waals surface area contributed by atoms with Crippen LogP contribution in [0.1, 0.15) is 46.5 Å². The number of likely N-dealkylation sites (N-methyl/N-ethyl adjacent to an activating group) is 1. The van der Waals surface area contributed by atoms with Crippen molar-refractivity contribution in [2.24, 2.45) is 11.7 Å². The van der Waals surface area contributed by atoms with E-state index in [9.17, 15) is 4.79 Å². The summed E-state index contributed by atoms with van der Waals surface area (Å²) in [5.41, 5.74) is 6.59. The fourth-order valence-electron chi connectivity index (χ4n) is 1.98. The number of amides is 1. The molecule has 0 fully saturated rings. The maximum atomic E-state index is 12.0. The van der Waals surface area contributed by atoms with Crippen LogP contribution in [-0.4, -0.2) is 30.4 Å². The number of hydrogen-bond acceptors (Lipinski definition) is 2. The van der Waals surface area contributed by atoms with Gasteiger partial charge in [-0.3, -0.25) is 4.79 Å². The van der Waals surface area contributed by atoms with Crippen molar-refractivity contribution in [2.75, 3.05) is 19.6 Å². The molecule has 0 aliphatic rings. The van der Waals surface area contributed by atoms with Crippen LogP contribution in [0.25, 0.3) is 0 Å². The van der Waals surface area contributed by atoms with E-state index in [-0.39, 0.29) is 5.91 Å². The van der Waals surface area contributed by atoms with Gasteiger partial charge < -0.3 is 10.6 Å². The number of nitrogens with zero attached hydrogens (tertiary/aromatic N) is 1. The van der Waals surface area contributed by atoms with E-state index in [2.05, 4.69) is 13.5 Å². The van der Waals surface area contributed by atoms with Crippen LogP contribution < -0.4 is 5.73 Å². The second-order valence-corrected chi connectivity index (χ2v) is 4.76. The first kappa shape index (κ1) is 16.2. The normalized spacial score (nSPS) is 12.2. The van der Waals surface area contributed by atoms with Crippen LogP contribution in [0.4, 0.5) is 0 Å². The molecule has 17 heavy (non-hydrogen) atoms. The van der Waals surface area contributed by atoms with Crippen LogP contribution in [0.3, 0.4) is 0 Å². The fraction of sp³-hybridized carbons (Fsp3) is 0.786. The third kappa shape index (κ3) is 7.16. The minimum atomic E-state index is 0.242. The van der Waals surface area contributed by atoms with E-state index in [0.717, 1.165) is 37.9 Å². The lowest BCUT2D eigenvalue weighted by molar-refractivity contribution is -0.130. The molecule has 3 heteroatoms. The van der Waals surface area contributed by atoms with E-state index in [1.54, 1.807) is 0 Å². The molecule has 100 valence electrons. The van der Waals surface area contributed by atoms with Crippen molar-refractivity contribution in [3.05, 3.63) is 12.2 Å². The van der Waals surface area contributed by atoms with Crippen LogP contribution in [0.2, 0.25) is 0 Å². The third-order valence-corrected chi connectivity index (χ3v) is 3.11. The third-order valence-electron chi connectivity index (χ3n) is 3.11. The van der Waals surface area contributed by atoms with Crippen LogP contribution >= 0.6 is 0 Å². The van der Waals surface area contributed by atoms with E-state index < -0.39 is 0 Å². The highest BCUT2D eigenvalue weighted by atomic mass is 16.2. The quantitative estimate of drug-likeness (QED) is 0.630. The zero-order valence-corrected chi connectivity index (χ0v) is 11.7. The highest BCUT2D eigenvalue weighted by molar-refractivity contribution is 5.76. The number of hydrogen-bond donors (Lipinski definition) is 1. The molecule has 3 nitrogen and oxygen atoms in total. The van der Waals surface area contributed by atoms with Crippen LogP contribution in [0, 0.1) is 5.92 Å². The standard InChI is InChI=1S/C14H28N2O/c1-5-13(9-10-15)7-8-14(17)16(6-2)11-12(3)4/h13H,3,5-11,15H2,1-2,4H3. The molecule has 0 aromatic heterocycles. The van der Waals surface area contributed by atoms with Gasteiger partial charge in [-0.1, -0.05) is 25.5 Å². The summed E-state index contributed by atoms with van der Waals surface area (Å²) in [6.07, 6.45) is 3.73. The molecule has 0 heterocycles. The molecular formula is C14H28N2O. The van der Waals surface area contributed by atoms with E-state index in [4.69, 9.17) is 5.73 Å². The molecule has 1 atom stereocenters. The first-order valence-corrected chi connectivity index (χ1v) is 6.67. The second kappa shape index (κ2) is 9.23. The van der Waals surface area contributed by atoms with Crippen LogP contribution in [0.15, 0.2) is 12.2 Å². The Morgan fingerprint density at radius 2 is 2.00 bits per heavy atom. The summed E-state index contributed by atoms with van der Waals surface area (Å²) in [7, 11) is 0. The van der Waals surface area contributed by atoms with Crippen molar-refractivity contribution in [2.45, 2.75) is 46.5 Å². The summed E-state index contributed by atoms with van der Waals surface area (Å²) in [4.78, 5) is 13.9. The van der Waals surface area contributed by atoms with E-state index in [0.29, 0.717) is 18.9 Å². The van der Waals surface area contributed by atoms with Crippen molar-refractivity contribution in [1.29, 1.82) is 0 Å². The molecule has 0 saturated heterocycles. The monoisotopic (exact) mass is 240 g/mol. The van der Waals surface area contributed by atoms with Gasteiger partial charge in [0.05, 0.1) is 0 Å². The molecule has 1 amide bonds. The highest BCUT2D eigenvalue weighted by Gasteiger charge is 2.14. The Balaban J connectivity index is 4.08. The molecule has 0 aromatic rings.